The first-order valence-corrected chi connectivity index (χ1v) is 6.96. The lowest BCUT2D eigenvalue weighted by Gasteiger charge is -2.04. The summed E-state index contributed by atoms with van der Waals surface area (Å²) in [4.78, 5) is 0. The van der Waals surface area contributed by atoms with Crippen LogP contribution in [0.5, 0.6) is 0 Å². The molecule has 0 N–H and O–H groups in total. The van der Waals surface area contributed by atoms with Gasteiger partial charge < -0.3 is 4.57 Å². The van der Waals surface area contributed by atoms with Crippen molar-refractivity contribution in [1.29, 1.82) is 0 Å². The normalized spacial score (nSPS) is 14.0. The van der Waals surface area contributed by atoms with Crippen LogP contribution in [0.25, 0.3) is 32.9 Å². The monoisotopic (exact) mass is 275 g/mol. The number of para-hydroxylation sites is 1. The van der Waals surface area contributed by atoms with Crippen molar-refractivity contribution in [2.75, 3.05) is 0 Å². The molecule has 21 heavy (non-hydrogen) atoms. The Labute approximate surface area is 130 Å². The highest BCUT2D eigenvalue weighted by molar-refractivity contribution is 6.09. The molecular formula is C20H17N. The zero-order valence-electron chi connectivity index (χ0n) is 16.0. The standard InChI is InChI=1S/C20H17N/c1-14-7-9-15(10-8-14)16-11-12-20-18(13-16)17-5-3-4-6-19(17)21(20)2/h3-13H,1-2H3/i7D,8D,9D,10D. The van der Waals surface area contributed by atoms with Crippen LogP contribution in [0.4, 0.5) is 0 Å². The van der Waals surface area contributed by atoms with Crippen LogP contribution in [0.3, 0.4) is 0 Å². The van der Waals surface area contributed by atoms with Crippen LogP contribution in [-0.4, -0.2) is 4.57 Å². The molecule has 0 atom stereocenters. The molecule has 0 aliphatic rings. The van der Waals surface area contributed by atoms with Crippen LogP contribution >= 0.6 is 0 Å². The molecule has 0 radical (unpaired) electrons. The van der Waals surface area contributed by atoms with Gasteiger partial charge in [-0.15, -0.1) is 0 Å². The van der Waals surface area contributed by atoms with Crippen LogP contribution < -0.4 is 0 Å². The van der Waals surface area contributed by atoms with Gasteiger partial charge in [-0.05, 0) is 36.2 Å². The molecule has 1 heterocycles. The summed E-state index contributed by atoms with van der Waals surface area (Å²) < 4.78 is 34.9. The topological polar surface area (TPSA) is 4.93 Å². The van der Waals surface area contributed by atoms with Gasteiger partial charge in [0.25, 0.3) is 0 Å². The Bertz CT molecular complexity index is 1130. The third kappa shape index (κ3) is 1.85. The molecule has 0 fully saturated rings. The molecule has 3 aromatic carbocycles. The van der Waals surface area contributed by atoms with Crippen LogP contribution in [-0.2, 0) is 7.05 Å². The maximum atomic E-state index is 8.29. The van der Waals surface area contributed by atoms with E-state index >= 15 is 0 Å². The van der Waals surface area contributed by atoms with Crippen molar-refractivity contribution in [3.8, 4) is 11.1 Å². The van der Waals surface area contributed by atoms with E-state index in [1.54, 1.807) is 6.92 Å². The van der Waals surface area contributed by atoms with Crippen molar-refractivity contribution < 1.29 is 5.48 Å². The number of aromatic nitrogens is 1. The van der Waals surface area contributed by atoms with E-state index in [0.717, 1.165) is 21.8 Å². The first kappa shape index (κ1) is 8.68. The highest BCUT2D eigenvalue weighted by atomic mass is 14.9. The second-order valence-corrected chi connectivity index (χ2v) is 5.31. The fourth-order valence-corrected chi connectivity index (χ4v) is 2.84. The number of hydrogen-bond donors (Lipinski definition) is 0. The second kappa shape index (κ2) is 4.49. The zero-order chi connectivity index (χ0) is 17.9. The van der Waals surface area contributed by atoms with Gasteiger partial charge in [0.2, 0.25) is 0 Å². The molecule has 0 amide bonds. The molecule has 1 aromatic heterocycles. The number of fused-ring (bicyclic) bond motifs is 3. The first-order chi connectivity index (χ1) is 11.9. The van der Waals surface area contributed by atoms with E-state index in [1.807, 2.05) is 37.4 Å². The summed E-state index contributed by atoms with van der Waals surface area (Å²) in [5, 5.41) is 2.16. The van der Waals surface area contributed by atoms with Crippen molar-refractivity contribution in [2.45, 2.75) is 6.92 Å². The average Bonchev–Trinajstić information content (AvgIpc) is 2.91. The summed E-state index contributed by atoms with van der Waals surface area (Å²) in [5.74, 6) is 0. The van der Waals surface area contributed by atoms with Crippen molar-refractivity contribution >= 4 is 21.8 Å². The molecule has 4 aromatic rings. The number of aryl methyl sites for hydroxylation is 1. The summed E-state index contributed by atoms with van der Waals surface area (Å²) in [6, 6.07) is 14.0. The molecule has 0 aliphatic carbocycles. The van der Waals surface area contributed by atoms with E-state index < -0.39 is 0 Å². The Morgan fingerprint density at radius 3 is 2.33 bits per heavy atom. The minimum absolute atomic E-state index is 0.0121. The number of benzene rings is 3. The maximum absolute atomic E-state index is 8.29. The molecule has 4 rings (SSSR count). The van der Waals surface area contributed by atoms with Gasteiger partial charge >= 0.3 is 0 Å². The molecular weight excluding hydrogens is 254 g/mol. The van der Waals surface area contributed by atoms with Crippen molar-refractivity contribution in [2.24, 2.45) is 7.05 Å². The fraction of sp³-hybridized carbons (Fsp3) is 0.100. The molecule has 0 spiro atoms. The van der Waals surface area contributed by atoms with Gasteiger partial charge in [0.15, 0.2) is 0 Å². The summed E-state index contributed by atoms with van der Waals surface area (Å²) >= 11 is 0. The van der Waals surface area contributed by atoms with E-state index in [4.69, 9.17) is 5.48 Å². The van der Waals surface area contributed by atoms with Crippen LogP contribution in [0.1, 0.15) is 11.0 Å². The lowest BCUT2D eigenvalue weighted by molar-refractivity contribution is 1.01. The van der Waals surface area contributed by atoms with Crippen LogP contribution in [0.2, 0.25) is 0 Å². The van der Waals surface area contributed by atoms with Crippen LogP contribution in [0, 0.1) is 6.92 Å². The lowest BCUT2D eigenvalue weighted by Crippen LogP contribution is -1.86. The van der Waals surface area contributed by atoms with E-state index in [9.17, 15) is 0 Å². The van der Waals surface area contributed by atoms with Crippen LogP contribution in [0.15, 0.2) is 66.6 Å². The van der Waals surface area contributed by atoms with E-state index in [-0.39, 0.29) is 24.2 Å². The second-order valence-electron chi connectivity index (χ2n) is 5.31. The number of nitrogens with zero attached hydrogens (tertiary/aromatic N) is 1. The zero-order valence-corrected chi connectivity index (χ0v) is 12.0. The van der Waals surface area contributed by atoms with Crippen molar-refractivity contribution in [3.63, 3.8) is 0 Å². The summed E-state index contributed by atoms with van der Waals surface area (Å²) in [6.07, 6.45) is 0. The predicted molar refractivity (Wildman–Crippen MR) is 90.6 cm³/mol. The summed E-state index contributed by atoms with van der Waals surface area (Å²) in [5.41, 5.74) is 3.65. The maximum Gasteiger partial charge on any atom is 0.0629 e. The third-order valence-electron chi connectivity index (χ3n) is 3.95. The minimum atomic E-state index is 0.0121. The summed E-state index contributed by atoms with van der Waals surface area (Å²) in [6.45, 7) is 1.62. The molecule has 0 unspecified atom stereocenters. The lowest BCUT2D eigenvalue weighted by atomic mass is 10.0. The fourth-order valence-electron chi connectivity index (χ4n) is 2.84. The first-order valence-electron chi connectivity index (χ1n) is 8.96. The quantitative estimate of drug-likeness (QED) is 0.444. The van der Waals surface area contributed by atoms with E-state index in [1.165, 1.54) is 0 Å². The minimum Gasteiger partial charge on any atom is -0.344 e. The Hall–Kier alpha value is -2.54. The molecule has 1 heteroatoms. The molecule has 1 nitrogen and oxygen atoms in total. The van der Waals surface area contributed by atoms with Gasteiger partial charge in [-0.3, -0.25) is 0 Å². The van der Waals surface area contributed by atoms with Gasteiger partial charge in [0.05, 0.1) is 5.48 Å². The highest BCUT2D eigenvalue weighted by Crippen LogP contribution is 2.31. The Morgan fingerprint density at radius 2 is 1.52 bits per heavy atom. The van der Waals surface area contributed by atoms with Gasteiger partial charge in [-0.2, -0.15) is 0 Å². The largest absolute Gasteiger partial charge is 0.344 e. The number of hydrogen-bond acceptors (Lipinski definition) is 0. The smallest absolute Gasteiger partial charge is 0.0629 e. The van der Waals surface area contributed by atoms with Crippen molar-refractivity contribution in [1.82, 2.24) is 4.57 Å². The Morgan fingerprint density at radius 1 is 0.810 bits per heavy atom. The molecule has 0 saturated heterocycles. The van der Waals surface area contributed by atoms with Gasteiger partial charge in [0, 0.05) is 28.9 Å². The number of rotatable bonds is 1. The van der Waals surface area contributed by atoms with Gasteiger partial charge in [0.1, 0.15) is 0 Å². The van der Waals surface area contributed by atoms with Gasteiger partial charge in [-0.1, -0.05) is 54.0 Å². The summed E-state index contributed by atoms with van der Waals surface area (Å²) in [7, 11) is 2.02. The van der Waals surface area contributed by atoms with E-state index in [2.05, 4.69) is 16.7 Å². The van der Waals surface area contributed by atoms with E-state index in [0.29, 0.717) is 16.7 Å². The highest BCUT2D eigenvalue weighted by Gasteiger charge is 2.08. The predicted octanol–water partition coefficient (Wildman–Crippen LogP) is 5.31. The van der Waals surface area contributed by atoms with Crippen molar-refractivity contribution in [3.05, 3.63) is 72.2 Å². The Kier molecular flexibility index (Phi) is 1.86. The molecule has 102 valence electrons. The Balaban J connectivity index is 2.09. The molecule has 0 saturated carbocycles. The molecule has 0 bridgehead atoms. The third-order valence-corrected chi connectivity index (χ3v) is 3.95. The SMILES string of the molecule is [2H]c1c([2H])c(-c2ccc3c(c2)c2ccccc2n3C)c([2H])c([2H])c1C. The van der Waals surface area contributed by atoms with Gasteiger partial charge in [-0.25, -0.2) is 0 Å². The molecule has 0 aliphatic heterocycles. The average molecular weight is 275 g/mol.